The van der Waals surface area contributed by atoms with Crippen LogP contribution in [0.2, 0.25) is 0 Å². The molecule has 0 aliphatic heterocycles. The fourth-order valence-electron chi connectivity index (χ4n) is 5.02. The van der Waals surface area contributed by atoms with E-state index < -0.39 is 11.9 Å². The summed E-state index contributed by atoms with van der Waals surface area (Å²) >= 11 is 0. The van der Waals surface area contributed by atoms with Gasteiger partial charge in [0.2, 0.25) is 0 Å². The molecule has 50 heavy (non-hydrogen) atoms. The first kappa shape index (κ1) is 35.1. The molecule has 0 radical (unpaired) electrons. The molecule has 5 aromatic rings. The molecule has 0 unspecified atom stereocenters. The third-order valence-electron chi connectivity index (χ3n) is 7.88. The summed E-state index contributed by atoms with van der Waals surface area (Å²) in [5.41, 5.74) is 5.82. The molecule has 0 fully saturated rings. The Kier molecular flexibility index (Phi) is 11.8. The Balaban J connectivity index is 1.24. The molecule has 0 aromatic heterocycles. The number of hydrogen-bond donors (Lipinski definition) is 0. The average Bonchev–Trinajstić information content (AvgIpc) is 3.15. The van der Waals surface area contributed by atoms with E-state index in [9.17, 15) is 9.59 Å². The van der Waals surface area contributed by atoms with Crippen LogP contribution in [0.3, 0.4) is 0 Å². The van der Waals surface area contributed by atoms with E-state index in [0.717, 1.165) is 35.5 Å². The second-order valence-electron chi connectivity index (χ2n) is 11.2. The summed E-state index contributed by atoms with van der Waals surface area (Å²) in [5.74, 6) is -0.0766. The average molecular weight is 670 g/mol. The van der Waals surface area contributed by atoms with Crippen LogP contribution >= 0.6 is 0 Å². The van der Waals surface area contributed by atoms with E-state index in [2.05, 4.69) is 40.9 Å². The predicted molar refractivity (Wildman–Crippen MR) is 198 cm³/mol. The summed E-state index contributed by atoms with van der Waals surface area (Å²) in [6.07, 6.45) is 3.48. The van der Waals surface area contributed by atoms with Crippen molar-refractivity contribution in [2.75, 3.05) is 32.2 Å². The predicted octanol–water partition coefficient (Wildman–Crippen LogP) is 8.80. The molecule has 0 aliphatic carbocycles. The van der Waals surface area contributed by atoms with Crippen molar-refractivity contribution in [1.29, 1.82) is 0 Å². The van der Waals surface area contributed by atoms with Gasteiger partial charge in [0, 0.05) is 43.3 Å². The molecule has 9 nitrogen and oxygen atoms in total. The molecular formula is C41H39N3O6. The van der Waals surface area contributed by atoms with Gasteiger partial charge in [-0.05, 0) is 92.6 Å². The van der Waals surface area contributed by atoms with E-state index >= 15 is 0 Å². The van der Waals surface area contributed by atoms with E-state index in [4.69, 9.17) is 18.9 Å². The van der Waals surface area contributed by atoms with Crippen LogP contribution in [0.1, 0.15) is 51.3 Å². The molecule has 0 spiro atoms. The Bertz CT molecular complexity index is 1980. The zero-order chi connectivity index (χ0) is 35.5. The minimum absolute atomic E-state index is 0.213. The van der Waals surface area contributed by atoms with Crippen molar-refractivity contribution < 1.29 is 28.5 Å². The van der Waals surface area contributed by atoms with Crippen LogP contribution in [-0.2, 0) is 0 Å². The monoisotopic (exact) mass is 669 g/mol. The zero-order valence-corrected chi connectivity index (χ0v) is 28.8. The smallest absolute Gasteiger partial charge is 0.343 e. The molecule has 0 saturated heterocycles. The van der Waals surface area contributed by atoms with Crippen molar-refractivity contribution in [2.24, 2.45) is 9.98 Å². The first-order valence-corrected chi connectivity index (χ1v) is 16.2. The normalized spacial score (nSPS) is 11.1. The molecule has 0 N–H and O–H groups in total. The standard InChI is InChI=1S/C41H39N3O6/c1-6-44(7-2)35-20-12-30(13-21-35)27-43-34-19-23-37(48-5)39(25-34)50-41(46)32-16-14-31(15-17-32)40(45)49-38-24-33(18-22-36(38)47-4)42-26-29-10-8-28(3)9-11-29/h8-27H,6-7H2,1-5H3. The van der Waals surface area contributed by atoms with Gasteiger partial charge in [-0.2, -0.15) is 0 Å². The highest BCUT2D eigenvalue weighted by molar-refractivity contribution is 5.95. The number of nitrogens with zero attached hydrogens (tertiary/aromatic N) is 3. The molecule has 0 aliphatic rings. The molecule has 0 bridgehead atoms. The SMILES string of the molecule is CCN(CC)c1ccc(C=Nc2ccc(OC)c(OC(=O)c3ccc(C(=O)Oc4cc(N=Cc5ccc(C)cc5)ccc4OC)cc3)c2)cc1. The zero-order valence-electron chi connectivity index (χ0n) is 28.8. The van der Waals surface area contributed by atoms with E-state index in [1.807, 2.05) is 43.3 Å². The fraction of sp³-hybridized carbons (Fsp3) is 0.171. The van der Waals surface area contributed by atoms with Crippen LogP contribution in [0.4, 0.5) is 17.1 Å². The highest BCUT2D eigenvalue weighted by atomic mass is 16.6. The number of esters is 2. The van der Waals surface area contributed by atoms with Gasteiger partial charge in [-0.1, -0.05) is 42.0 Å². The van der Waals surface area contributed by atoms with Crippen LogP contribution in [-0.4, -0.2) is 51.7 Å². The Morgan fingerprint density at radius 3 is 1.40 bits per heavy atom. The Hall–Kier alpha value is -6.22. The summed E-state index contributed by atoms with van der Waals surface area (Å²) in [6, 6.07) is 32.3. The van der Waals surface area contributed by atoms with Crippen molar-refractivity contribution in [2.45, 2.75) is 20.8 Å². The van der Waals surface area contributed by atoms with Gasteiger partial charge in [-0.3, -0.25) is 9.98 Å². The Morgan fingerprint density at radius 2 is 1.00 bits per heavy atom. The van der Waals surface area contributed by atoms with Crippen LogP contribution in [0.5, 0.6) is 23.0 Å². The first-order valence-electron chi connectivity index (χ1n) is 16.2. The molecule has 9 heteroatoms. The van der Waals surface area contributed by atoms with E-state index in [0.29, 0.717) is 22.9 Å². The minimum Gasteiger partial charge on any atom is -0.493 e. The Morgan fingerprint density at radius 1 is 0.580 bits per heavy atom. The van der Waals surface area contributed by atoms with Crippen molar-refractivity contribution in [1.82, 2.24) is 0 Å². The van der Waals surface area contributed by atoms with Crippen molar-refractivity contribution in [3.63, 3.8) is 0 Å². The van der Waals surface area contributed by atoms with Crippen molar-refractivity contribution in [3.8, 4) is 23.0 Å². The number of ether oxygens (including phenoxy) is 4. The quantitative estimate of drug-likeness (QED) is 0.0702. The third kappa shape index (κ3) is 9.02. The highest BCUT2D eigenvalue weighted by Gasteiger charge is 2.17. The number of rotatable bonds is 13. The number of hydrogen-bond acceptors (Lipinski definition) is 9. The molecular weight excluding hydrogens is 630 g/mol. The van der Waals surface area contributed by atoms with Crippen molar-refractivity contribution in [3.05, 3.63) is 137 Å². The lowest BCUT2D eigenvalue weighted by molar-refractivity contribution is 0.0716. The molecule has 254 valence electrons. The maximum Gasteiger partial charge on any atom is 0.343 e. The fourth-order valence-corrected chi connectivity index (χ4v) is 5.02. The second kappa shape index (κ2) is 16.7. The van der Waals surface area contributed by atoms with Gasteiger partial charge in [-0.25, -0.2) is 9.59 Å². The Labute approximate surface area is 292 Å². The number of aryl methyl sites for hydroxylation is 1. The van der Waals surface area contributed by atoms with Gasteiger partial charge in [0.05, 0.1) is 36.7 Å². The number of carbonyl (C=O) groups is 2. The van der Waals surface area contributed by atoms with E-state index in [1.54, 1.807) is 48.8 Å². The lowest BCUT2D eigenvalue weighted by Gasteiger charge is -2.20. The molecule has 0 amide bonds. The van der Waals surface area contributed by atoms with E-state index in [-0.39, 0.29) is 22.6 Å². The highest BCUT2D eigenvalue weighted by Crippen LogP contribution is 2.33. The maximum atomic E-state index is 13.1. The van der Waals surface area contributed by atoms with Crippen molar-refractivity contribution >= 4 is 41.4 Å². The molecule has 5 aromatic carbocycles. The topological polar surface area (TPSA) is 99.0 Å². The largest absolute Gasteiger partial charge is 0.493 e. The number of methoxy groups -OCH3 is 2. The second-order valence-corrected chi connectivity index (χ2v) is 11.2. The lowest BCUT2D eigenvalue weighted by atomic mass is 10.1. The van der Waals surface area contributed by atoms with E-state index in [1.165, 1.54) is 38.5 Å². The molecule has 5 rings (SSSR count). The van der Waals surface area contributed by atoms with Gasteiger partial charge in [0.15, 0.2) is 23.0 Å². The van der Waals surface area contributed by atoms with Crippen LogP contribution in [0.25, 0.3) is 0 Å². The van der Waals surface area contributed by atoms with Crippen LogP contribution in [0, 0.1) is 6.92 Å². The van der Waals surface area contributed by atoms with Gasteiger partial charge in [0.1, 0.15) is 0 Å². The van der Waals surface area contributed by atoms with Gasteiger partial charge >= 0.3 is 11.9 Å². The summed E-state index contributed by atoms with van der Waals surface area (Å²) < 4.78 is 22.2. The number of carbonyl (C=O) groups excluding carboxylic acids is 2. The molecule has 0 atom stereocenters. The number of aliphatic imine (C=N–C) groups is 2. The summed E-state index contributed by atoms with van der Waals surface area (Å²) in [4.78, 5) is 37.5. The number of anilines is 1. The van der Waals surface area contributed by atoms with Gasteiger partial charge in [0.25, 0.3) is 0 Å². The first-order chi connectivity index (χ1) is 24.3. The summed E-state index contributed by atoms with van der Waals surface area (Å²) in [6.45, 7) is 8.15. The molecule has 0 heterocycles. The lowest BCUT2D eigenvalue weighted by Crippen LogP contribution is -2.21. The third-order valence-corrected chi connectivity index (χ3v) is 7.88. The summed E-state index contributed by atoms with van der Waals surface area (Å²) in [5, 5.41) is 0. The van der Waals surface area contributed by atoms with Crippen LogP contribution < -0.4 is 23.8 Å². The maximum absolute atomic E-state index is 13.1. The van der Waals surface area contributed by atoms with Gasteiger partial charge in [-0.15, -0.1) is 0 Å². The number of benzene rings is 5. The minimum atomic E-state index is -0.628. The molecule has 0 saturated carbocycles. The van der Waals surface area contributed by atoms with Crippen LogP contribution in [0.15, 0.2) is 119 Å². The van der Waals surface area contributed by atoms with Gasteiger partial charge < -0.3 is 23.8 Å². The summed E-state index contributed by atoms with van der Waals surface area (Å²) in [7, 11) is 2.99.